The maximum Gasteiger partial charge on any atom is 0.228 e. The average Bonchev–Trinajstić information content (AvgIpc) is 2.95. The molecule has 2 aromatic carbocycles. The minimum atomic E-state index is -0.570. The molecule has 2 N–H and O–H groups in total. The van der Waals surface area contributed by atoms with Gasteiger partial charge in [-0.1, -0.05) is 11.6 Å². The number of fused-ring (bicyclic) bond motifs is 1. The summed E-state index contributed by atoms with van der Waals surface area (Å²) in [6, 6.07) is 8.85. The van der Waals surface area contributed by atoms with Gasteiger partial charge in [-0.25, -0.2) is 4.39 Å². The standard InChI is InChI=1S/C18H14ClFN2O3/c19-13-9-12(2-3-14(13)20)21-17(24)6-5-16(23)10-1-4-15-11(7-10)8-18(25)22-15/h1-4,7,9H,5-6,8H2,(H,21,24)(H,22,25). The van der Waals surface area contributed by atoms with Crippen LogP contribution in [0.4, 0.5) is 15.8 Å². The van der Waals surface area contributed by atoms with Gasteiger partial charge in [-0.15, -0.1) is 0 Å². The minimum absolute atomic E-state index is 0.0118. The summed E-state index contributed by atoms with van der Waals surface area (Å²) < 4.78 is 13.1. The highest BCUT2D eigenvalue weighted by atomic mass is 35.5. The molecular weight excluding hydrogens is 347 g/mol. The van der Waals surface area contributed by atoms with Gasteiger partial charge in [0.2, 0.25) is 11.8 Å². The average molecular weight is 361 g/mol. The van der Waals surface area contributed by atoms with Crippen molar-refractivity contribution in [2.75, 3.05) is 10.6 Å². The quantitative estimate of drug-likeness (QED) is 0.800. The molecule has 7 heteroatoms. The number of Topliss-reactive ketones (excluding diaryl/α,β-unsaturated/α-hetero) is 1. The first-order valence-corrected chi connectivity index (χ1v) is 8.01. The second kappa shape index (κ2) is 7.03. The Kier molecular flexibility index (Phi) is 4.81. The number of nitrogens with one attached hydrogen (secondary N) is 2. The van der Waals surface area contributed by atoms with Gasteiger partial charge in [-0.2, -0.15) is 0 Å². The zero-order chi connectivity index (χ0) is 18.0. The first kappa shape index (κ1) is 17.1. The molecular formula is C18H14ClFN2O3. The van der Waals surface area contributed by atoms with E-state index in [9.17, 15) is 18.8 Å². The summed E-state index contributed by atoms with van der Waals surface area (Å²) in [4.78, 5) is 35.5. The van der Waals surface area contributed by atoms with Crippen LogP contribution in [0.15, 0.2) is 36.4 Å². The summed E-state index contributed by atoms with van der Waals surface area (Å²) in [6.45, 7) is 0. The number of rotatable bonds is 5. The second-order valence-electron chi connectivity index (χ2n) is 5.70. The summed E-state index contributed by atoms with van der Waals surface area (Å²) in [5, 5.41) is 5.18. The normalized spacial score (nSPS) is 12.5. The maximum absolute atomic E-state index is 13.1. The molecule has 0 bridgehead atoms. The number of ketones is 1. The van der Waals surface area contributed by atoms with Crippen molar-refractivity contribution < 1.29 is 18.8 Å². The van der Waals surface area contributed by atoms with Crippen LogP contribution < -0.4 is 10.6 Å². The van der Waals surface area contributed by atoms with Crippen LogP contribution in [-0.4, -0.2) is 17.6 Å². The highest BCUT2D eigenvalue weighted by Crippen LogP contribution is 2.24. The molecule has 0 radical (unpaired) electrons. The lowest BCUT2D eigenvalue weighted by molar-refractivity contribution is -0.116. The molecule has 1 heterocycles. The van der Waals surface area contributed by atoms with Gasteiger partial charge < -0.3 is 10.6 Å². The predicted molar refractivity (Wildman–Crippen MR) is 92.4 cm³/mol. The highest BCUT2D eigenvalue weighted by Gasteiger charge is 2.19. The summed E-state index contributed by atoms with van der Waals surface area (Å²) in [5.74, 6) is -1.22. The van der Waals surface area contributed by atoms with Crippen LogP contribution in [0.1, 0.15) is 28.8 Å². The Balaban J connectivity index is 1.57. The van der Waals surface area contributed by atoms with Gasteiger partial charge in [0.25, 0.3) is 0 Å². The number of anilines is 2. The van der Waals surface area contributed by atoms with Crippen LogP contribution in [0, 0.1) is 5.82 Å². The van der Waals surface area contributed by atoms with Crippen molar-refractivity contribution in [1.29, 1.82) is 0 Å². The van der Waals surface area contributed by atoms with Gasteiger partial charge in [0.15, 0.2) is 5.78 Å². The lowest BCUT2D eigenvalue weighted by Gasteiger charge is -2.06. The van der Waals surface area contributed by atoms with E-state index in [2.05, 4.69) is 10.6 Å². The van der Waals surface area contributed by atoms with Crippen LogP contribution in [-0.2, 0) is 16.0 Å². The minimum Gasteiger partial charge on any atom is -0.326 e. The molecule has 25 heavy (non-hydrogen) atoms. The molecule has 0 fully saturated rings. The van der Waals surface area contributed by atoms with Crippen molar-refractivity contribution in [1.82, 2.24) is 0 Å². The summed E-state index contributed by atoms with van der Waals surface area (Å²) in [5.41, 5.74) is 2.33. The van der Waals surface area contributed by atoms with E-state index in [1.165, 1.54) is 12.1 Å². The van der Waals surface area contributed by atoms with Crippen molar-refractivity contribution in [2.24, 2.45) is 0 Å². The summed E-state index contributed by atoms with van der Waals surface area (Å²) in [6.07, 6.45) is 0.269. The maximum atomic E-state index is 13.1. The Morgan fingerprint density at radius 3 is 2.72 bits per heavy atom. The fourth-order valence-electron chi connectivity index (χ4n) is 2.57. The summed E-state index contributed by atoms with van der Waals surface area (Å²) in [7, 11) is 0. The molecule has 5 nitrogen and oxygen atoms in total. The second-order valence-corrected chi connectivity index (χ2v) is 6.10. The van der Waals surface area contributed by atoms with E-state index in [0.29, 0.717) is 16.9 Å². The molecule has 0 spiro atoms. The van der Waals surface area contributed by atoms with E-state index in [1.807, 2.05) is 0 Å². The third-order valence-electron chi connectivity index (χ3n) is 3.83. The molecule has 2 amide bonds. The van der Waals surface area contributed by atoms with Crippen LogP contribution in [0.3, 0.4) is 0 Å². The monoisotopic (exact) mass is 360 g/mol. The van der Waals surface area contributed by atoms with Crippen molar-refractivity contribution in [3.63, 3.8) is 0 Å². The van der Waals surface area contributed by atoms with Crippen molar-refractivity contribution in [3.05, 3.63) is 58.4 Å². The first-order valence-electron chi connectivity index (χ1n) is 7.63. The predicted octanol–water partition coefficient (Wildman–Crippen LogP) is 3.58. The molecule has 0 unspecified atom stereocenters. The van der Waals surface area contributed by atoms with Gasteiger partial charge >= 0.3 is 0 Å². The molecule has 1 aliphatic rings. The molecule has 3 rings (SSSR count). The van der Waals surface area contributed by atoms with E-state index >= 15 is 0 Å². The molecule has 0 aliphatic carbocycles. The largest absolute Gasteiger partial charge is 0.326 e. The molecule has 2 aromatic rings. The highest BCUT2D eigenvalue weighted by molar-refractivity contribution is 6.31. The van der Waals surface area contributed by atoms with Gasteiger partial charge in [0.1, 0.15) is 5.82 Å². The van der Waals surface area contributed by atoms with Gasteiger partial charge in [0, 0.05) is 29.8 Å². The Hall–Kier alpha value is -2.73. The van der Waals surface area contributed by atoms with Crippen LogP contribution in [0.25, 0.3) is 0 Å². The molecule has 0 saturated heterocycles. The Labute approximate surface area is 148 Å². The van der Waals surface area contributed by atoms with Crippen LogP contribution in [0.5, 0.6) is 0 Å². The van der Waals surface area contributed by atoms with Crippen molar-refractivity contribution >= 4 is 40.6 Å². The smallest absolute Gasteiger partial charge is 0.228 e. The fourth-order valence-corrected chi connectivity index (χ4v) is 2.75. The van der Waals surface area contributed by atoms with E-state index in [4.69, 9.17) is 11.6 Å². The number of carbonyl (C=O) groups excluding carboxylic acids is 3. The van der Waals surface area contributed by atoms with E-state index in [0.717, 1.165) is 11.6 Å². The zero-order valence-corrected chi connectivity index (χ0v) is 13.8. The molecule has 1 aliphatic heterocycles. The number of hydrogen-bond acceptors (Lipinski definition) is 3. The molecule has 0 aromatic heterocycles. The van der Waals surface area contributed by atoms with Gasteiger partial charge in [0.05, 0.1) is 11.4 Å². The van der Waals surface area contributed by atoms with Crippen molar-refractivity contribution in [2.45, 2.75) is 19.3 Å². The molecule has 128 valence electrons. The summed E-state index contributed by atoms with van der Waals surface area (Å²) >= 11 is 5.65. The third-order valence-corrected chi connectivity index (χ3v) is 4.12. The van der Waals surface area contributed by atoms with E-state index in [-0.39, 0.29) is 41.9 Å². The topological polar surface area (TPSA) is 75.3 Å². The Morgan fingerprint density at radius 2 is 1.96 bits per heavy atom. The molecule has 0 atom stereocenters. The number of carbonyl (C=O) groups is 3. The number of halogens is 2. The number of benzene rings is 2. The van der Waals surface area contributed by atoms with Gasteiger partial charge in [-0.3, -0.25) is 14.4 Å². The Morgan fingerprint density at radius 1 is 1.16 bits per heavy atom. The number of hydrogen-bond donors (Lipinski definition) is 2. The number of amides is 2. The lowest BCUT2D eigenvalue weighted by Crippen LogP contribution is -2.13. The van der Waals surface area contributed by atoms with E-state index in [1.54, 1.807) is 18.2 Å². The lowest BCUT2D eigenvalue weighted by atomic mass is 10.0. The Bertz CT molecular complexity index is 883. The van der Waals surface area contributed by atoms with E-state index < -0.39 is 5.82 Å². The molecule has 0 saturated carbocycles. The van der Waals surface area contributed by atoms with Gasteiger partial charge in [-0.05, 0) is 42.0 Å². The van der Waals surface area contributed by atoms with Crippen LogP contribution >= 0.6 is 11.6 Å². The SMILES string of the molecule is O=C(CCC(=O)c1ccc2c(c1)CC(=O)N2)Nc1ccc(F)c(Cl)c1. The zero-order valence-electron chi connectivity index (χ0n) is 13.1. The van der Waals surface area contributed by atoms with Crippen molar-refractivity contribution in [3.8, 4) is 0 Å². The first-order chi connectivity index (χ1) is 11.9. The third kappa shape index (κ3) is 4.03. The van der Waals surface area contributed by atoms with Crippen LogP contribution in [0.2, 0.25) is 5.02 Å². The fraction of sp³-hybridized carbons (Fsp3) is 0.167.